The lowest BCUT2D eigenvalue weighted by Crippen LogP contribution is -2.49. The van der Waals surface area contributed by atoms with Crippen LogP contribution < -0.4 is 5.32 Å². The van der Waals surface area contributed by atoms with Gasteiger partial charge < -0.3 is 10.2 Å². The normalized spacial score (nSPS) is 22.0. The van der Waals surface area contributed by atoms with E-state index in [1.54, 1.807) is 0 Å². The maximum atomic E-state index is 3.41. The van der Waals surface area contributed by atoms with Gasteiger partial charge in [-0.15, -0.1) is 11.3 Å². The quantitative estimate of drug-likeness (QED) is 0.893. The van der Waals surface area contributed by atoms with Crippen LogP contribution in [0.3, 0.4) is 0 Å². The number of rotatable bonds is 5. The number of hydrogen-bond acceptors (Lipinski definition) is 4. The first-order chi connectivity index (χ1) is 9.10. The highest BCUT2D eigenvalue weighted by Gasteiger charge is 2.22. The Morgan fingerprint density at radius 3 is 2.89 bits per heavy atom. The van der Waals surface area contributed by atoms with E-state index in [4.69, 9.17) is 0 Å². The Morgan fingerprint density at radius 2 is 2.21 bits per heavy atom. The zero-order valence-corrected chi connectivity index (χ0v) is 13.5. The molecule has 1 aliphatic heterocycles. The zero-order chi connectivity index (χ0) is 13.8. The van der Waals surface area contributed by atoms with Gasteiger partial charge in [-0.05, 0) is 39.1 Å². The van der Waals surface area contributed by atoms with Crippen LogP contribution >= 0.6 is 11.3 Å². The summed E-state index contributed by atoms with van der Waals surface area (Å²) >= 11 is 1.95. The van der Waals surface area contributed by atoms with Crippen molar-refractivity contribution in [3.05, 3.63) is 21.4 Å². The maximum Gasteiger partial charge on any atom is 0.0299 e. The molecule has 1 N–H and O–H groups in total. The molecule has 0 aromatic carbocycles. The fourth-order valence-corrected chi connectivity index (χ4v) is 3.73. The molecular formula is C15H27N3S. The Labute approximate surface area is 121 Å². The Morgan fingerprint density at radius 1 is 1.42 bits per heavy atom. The number of thiophene rings is 1. The second-order valence-electron chi connectivity index (χ2n) is 5.66. The van der Waals surface area contributed by atoms with Crippen LogP contribution in [0.1, 0.15) is 29.2 Å². The van der Waals surface area contributed by atoms with Crippen molar-refractivity contribution in [2.24, 2.45) is 0 Å². The van der Waals surface area contributed by atoms with Crippen molar-refractivity contribution in [1.82, 2.24) is 15.1 Å². The molecule has 0 bridgehead atoms. The van der Waals surface area contributed by atoms with Crippen LogP contribution in [0.15, 0.2) is 6.07 Å². The summed E-state index contributed by atoms with van der Waals surface area (Å²) in [4.78, 5) is 8.00. The highest BCUT2D eigenvalue weighted by molar-refractivity contribution is 7.12. The molecule has 108 valence electrons. The molecule has 0 amide bonds. The molecule has 0 aliphatic carbocycles. The van der Waals surface area contributed by atoms with Crippen molar-refractivity contribution in [3.8, 4) is 0 Å². The van der Waals surface area contributed by atoms with E-state index < -0.39 is 0 Å². The molecule has 19 heavy (non-hydrogen) atoms. The molecule has 1 fully saturated rings. The average molecular weight is 281 g/mol. The van der Waals surface area contributed by atoms with Crippen LogP contribution in [-0.4, -0.2) is 49.1 Å². The van der Waals surface area contributed by atoms with Gasteiger partial charge in [-0.2, -0.15) is 0 Å². The molecule has 0 radical (unpaired) electrons. The fourth-order valence-electron chi connectivity index (χ4n) is 2.71. The third kappa shape index (κ3) is 4.02. The lowest BCUT2D eigenvalue weighted by Gasteiger charge is -2.38. The van der Waals surface area contributed by atoms with E-state index in [0.29, 0.717) is 6.04 Å². The van der Waals surface area contributed by atoms with Crippen LogP contribution in [0, 0.1) is 6.92 Å². The van der Waals surface area contributed by atoms with Crippen molar-refractivity contribution in [2.45, 2.75) is 39.9 Å². The van der Waals surface area contributed by atoms with Crippen molar-refractivity contribution in [2.75, 3.05) is 33.2 Å². The van der Waals surface area contributed by atoms with Gasteiger partial charge in [0.2, 0.25) is 0 Å². The molecule has 1 saturated heterocycles. The SMILES string of the molecule is CCNCc1cc(CN2CCN(C)CC2C)c(C)s1. The van der Waals surface area contributed by atoms with Crippen molar-refractivity contribution < 1.29 is 0 Å². The van der Waals surface area contributed by atoms with E-state index >= 15 is 0 Å². The fraction of sp³-hybridized carbons (Fsp3) is 0.733. The van der Waals surface area contributed by atoms with Crippen molar-refractivity contribution in [1.29, 1.82) is 0 Å². The van der Waals surface area contributed by atoms with Crippen molar-refractivity contribution >= 4 is 11.3 Å². The number of nitrogens with one attached hydrogen (secondary N) is 1. The molecule has 1 atom stereocenters. The number of likely N-dealkylation sites (N-methyl/N-ethyl adjacent to an activating group) is 1. The predicted octanol–water partition coefficient (Wildman–Crippen LogP) is 2.30. The lowest BCUT2D eigenvalue weighted by molar-refractivity contribution is 0.0938. The van der Waals surface area contributed by atoms with E-state index in [9.17, 15) is 0 Å². The standard InChI is InChI=1S/C15H27N3S/c1-5-16-9-15-8-14(13(3)19-15)11-18-7-6-17(4)10-12(18)2/h8,12,16H,5-7,9-11H2,1-4H3. The zero-order valence-electron chi connectivity index (χ0n) is 12.7. The summed E-state index contributed by atoms with van der Waals surface area (Å²) in [5.74, 6) is 0. The molecule has 0 spiro atoms. The van der Waals surface area contributed by atoms with E-state index in [1.807, 2.05) is 11.3 Å². The van der Waals surface area contributed by atoms with Gasteiger partial charge in [0.1, 0.15) is 0 Å². The number of piperazine rings is 1. The largest absolute Gasteiger partial charge is 0.312 e. The molecule has 1 aromatic heterocycles. The highest BCUT2D eigenvalue weighted by atomic mass is 32.1. The minimum atomic E-state index is 0.662. The molecule has 1 unspecified atom stereocenters. The number of hydrogen-bond donors (Lipinski definition) is 1. The van der Waals surface area contributed by atoms with E-state index in [-0.39, 0.29) is 0 Å². The molecule has 0 saturated carbocycles. The predicted molar refractivity (Wildman–Crippen MR) is 83.8 cm³/mol. The topological polar surface area (TPSA) is 18.5 Å². The lowest BCUT2D eigenvalue weighted by atomic mass is 10.1. The summed E-state index contributed by atoms with van der Waals surface area (Å²) < 4.78 is 0. The van der Waals surface area contributed by atoms with Gasteiger partial charge >= 0.3 is 0 Å². The van der Waals surface area contributed by atoms with Gasteiger partial charge in [0.05, 0.1) is 0 Å². The van der Waals surface area contributed by atoms with E-state index in [1.165, 1.54) is 35.0 Å². The van der Waals surface area contributed by atoms with Gasteiger partial charge in [-0.25, -0.2) is 0 Å². The van der Waals surface area contributed by atoms with Crippen LogP contribution in [0.4, 0.5) is 0 Å². The minimum Gasteiger partial charge on any atom is -0.312 e. The third-order valence-corrected chi connectivity index (χ3v) is 5.06. The molecule has 2 rings (SSSR count). The smallest absolute Gasteiger partial charge is 0.0299 e. The molecule has 4 heteroatoms. The Kier molecular flexibility index (Phi) is 5.39. The molecule has 2 heterocycles. The molecular weight excluding hydrogens is 254 g/mol. The maximum absolute atomic E-state index is 3.41. The second-order valence-corrected chi connectivity index (χ2v) is 7.00. The highest BCUT2D eigenvalue weighted by Crippen LogP contribution is 2.24. The van der Waals surface area contributed by atoms with Crippen LogP contribution in [0.5, 0.6) is 0 Å². The van der Waals surface area contributed by atoms with Gasteiger partial charge in [0.15, 0.2) is 0 Å². The third-order valence-electron chi connectivity index (χ3n) is 3.96. The number of aryl methyl sites for hydroxylation is 1. The Bertz CT molecular complexity index is 402. The summed E-state index contributed by atoms with van der Waals surface area (Å²) in [5.41, 5.74) is 1.52. The summed E-state index contributed by atoms with van der Waals surface area (Å²) in [7, 11) is 2.22. The van der Waals surface area contributed by atoms with Gasteiger partial charge in [0.25, 0.3) is 0 Å². The summed E-state index contributed by atoms with van der Waals surface area (Å²) in [5, 5.41) is 3.41. The van der Waals surface area contributed by atoms with Gasteiger partial charge in [-0.1, -0.05) is 6.92 Å². The van der Waals surface area contributed by atoms with Crippen LogP contribution in [0.25, 0.3) is 0 Å². The summed E-state index contributed by atoms with van der Waals surface area (Å²) in [6.07, 6.45) is 0. The van der Waals surface area contributed by atoms with Crippen molar-refractivity contribution in [3.63, 3.8) is 0 Å². The van der Waals surface area contributed by atoms with E-state index in [0.717, 1.165) is 19.6 Å². The Hall–Kier alpha value is -0.420. The first kappa shape index (κ1) is 15.0. The second kappa shape index (κ2) is 6.84. The molecule has 3 nitrogen and oxygen atoms in total. The molecule has 1 aromatic rings. The van der Waals surface area contributed by atoms with E-state index in [2.05, 4.69) is 49.0 Å². The monoisotopic (exact) mass is 281 g/mol. The van der Waals surface area contributed by atoms with Gasteiger partial charge in [-0.3, -0.25) is 4.90 Å². The first-order valence-electron chi connectivity index (χ1n) is 7.31. The average Bonchev–Trinajstić information content (AvgIpc) is 2.71. The summed E-state index contributed by atoms with van der Waals surface area (Å²) in [6.45, 7) is 13.5. The Balaban J connectivity index is 1.96. The number of nitrogens with zero attached hydrogens (tertiary/aromatic N) is 2. The molecule has 1 aliphatic rings. The minimum absolute atomic E-state index is 0.662. The van der Waals surface area contributed by atoms with Crippen LogP contribution in [0.2, 0.25) is 0 Å². The summed E-state index contributed by atoms with van der Waals surface area (Å²) in [6, 6.07) is 3.06. The van der Waals surface area contributed by atoms with Gasteiger partial charge in [0, 0.05) is 48.5 Å². The first-order valence-corrected chi connectivity index (χ1v) is 8.13. The van der Waals surface area contributed by atoms with Crippen LogP contribution in [-0.2, 0) is 13.1 Å².